The molecule has 0 bridgehead atoms. The molecule has 0 saturated carbocycles. The molecule has 0 saturated heterocycles. The van der Waals surface area contributed by atoms with Crippen molar-refractivity contribution in [2.75, 3.05) is 5.73 Å². The molecule has 2 N–H and O–H groups in total. The average Bonchev–Trinajstić information content (AvgIpc) is 2.40. The number of hydrogen-bond acceptors (Lipinski definition) is 3. The molecule has 3 rings (SSSR count). The Bertz CT molecular complexity index is 711. The molecule has 0 aliphatic carbocycles. The van der Waals surface area contributed by atoms with E-state index in [1.165, 1.54) is 0 Å². The molecule has 1 heterocycles. The quantitative estimate of drug-likeness (QED) is 0.724. The van der Waals surface area contributed by atoms with Crippen molar-refractivity contribution in [3.05, 3.63) is 53.7 Å². The van der Waals surface area contributed by atoms with Crippen LogP contribution in [-0.4, -0.2) is 9.97 Å². The first-order valence-electron chi connectivity index (χ1n) is 5.52. The van der Waals surface area contributed by atoms with Gasteiger partial charge in [-0.15, -0.1) is 0 Å². The Morgan fingerprint density at radius 2 is 1.78 bits per heavy atom. The smallest absolute Gasteiger partial charge is 0.220 e. The highest BCUT2D eigenvalue weighted by Gasteiger charge is 2.08. The fourth-order valence-electron chi connectivity index (χ4n) is 1.95. The van der Waals surface area contributed by atoms with Crippen LogP contribution < -0.4 is 5.73 Å². The summed E-state index contributed by atoms with van der Waals surface area (Å²) in [6, 6.07) is 13.8. The van der Waals surface area contributed by atoms with Crippen molar-refractivity contribution in [1.82, 2.24) is 9.97 Å². The third-order valence-electron chi connectivity index (χ3n) is 2.80. The van der Waals surface area contributed by atoms with E-state index in [9.17, 15) is 0 Å². The number of anilines is 1. The SMILES string of the molecule is Nc1ncc2c(Cl)ccc(-c3ccccc3)c2n1. The molecule has 0 amide bonds. The molecule has 3 nitrogen and oxygen atoms in total. The summed E-state index contributed by atoms with van der Waals surface area (Å²) in [5.41, 5.74) is 8.52. The van der Waals surface area contributed by atoms with Crippen LogP contribution in [0, 0.1) is 0 Å². The van der Waals surface area contributed by atoms with Crippen LogP contribution in [0.2, 0.25) is 5.02 Å². The summed E-state index contributed by atoms with van der Waals surface area (Å²) in [6.45, 7) is 0. The van der Waals surface area contributed by atoms with Crippen molar-refractivity contribution >= 4 is 28.5 Å². The molecule has 0 radical (unpaired) electrons. The predicted octanol–water partition coefficient (Wildman–Crippen LogP) is 3.53. The Kier molecular flexibility index (Phi) is 2.61. The Morgan fingerprint density at radius 1 is 1.00 bits per heavy atom. The summed E-state index contributed by atoms with van der Waals surface area (Å²) in [7, 11) is 0. The molecule has 88 valence electrons. The van der Waals surface area contributed by atoms with E-state index in [1.54, 1.807) is 6.20 Å². The maximum Gasteiger partial charge on any atom is 0.220 e. The van der Waals surface area contributed by atoms with Gasteiger partial charge in [0.15, 0.2) is 0 Å². The van der Waals surface area contributed by atoms with Crippen molar-refractivity contribution in [2.45, 2.75) is 0 Å². The van der Waals surface area contributed by atoms with Gasteiger partial charge in [0.25, 0.3) is 0 Å². The summed E-state index contributed by atoms with van der Waals surface area (Å²) in [4.78, 5) is 8.28. The lowest BCUT2D eigenvalue weighted by atomic mass is 10.0. The minimum Gasteiger partial charge on any atom is -0.368 e. The lowest BCUT2D eigenvalue weighted by molar-refractivity contribution is 1.24. The van der Waals surface area contributed by atoms with E-state index in [1.807, 2.05) is 42.5 Å². The van der Waals surface area contributed by atoms with Crippen LogP contribution in [0.3, 0.4) is 0 Å². The van der Waals surface area contributed by atoms with Crippen molar-refractivity contribution < 1.29 is 0 Å². The van der Waals surface area contributed by atoms with Crippen LogP contribution in [-0.2, 0) is 0 Å². The van der Waals surface area contributed by atoms with Gasteiger partial charge in [-0.2, -0.15) is 0 Å². The number of benzene rings is 2. The standard InChI is InChI=1S/C14H10ClN3/c15-12-7-6-10(9-4-2-1-3-5-9)13-11(12)8-17-14(16)18-13/h1-8H,(H2,16,17,18). The van der Waals surface area contributed by atoms with Crippen LogP contribution in [0.4, 0.5) is 5.95 Å². The van der Waals surface area contributed by atoms with E-state index in [0.717, 1.165) is 22.0 Å². The van der Waals surface area contributed by atoms with Gasteiger partial charge in [0, 0.05) is 17.1 Å². The topological polar surface area (TPSA) is 51.8 Å². The molecule has 0 spiro atoms. The minimum atomic E-state index is 0.252. The van der Waals surface area contributed by atoms with Gasteiger partial charge >= 0.3 is 0 Å². The first-order valence-corrected chi connectivity index (χ1v) is 5.89. The third-order valence-corrected chi connectivity index (χ3v) is 3.13. The number of nitrogen functional groups attached to an aromatic ring is 1. The highest BCUT2D eigenvalue weighted by atomic mass is 35.5. The molecule has 4 heteroatoms. The lowest BCUT2D eigenvalue weighted by Gasteiger charge is -2.07. The second kappa shape index (κ2) is 4.27. The van der Waals surface area contributed by atoms with Gasteiger partial charge in [0.1, 0.15) is 0 Å². The third kappa shape index (κ3) is 1.79. The maximum absolute atomic E-state index is 6.15. The molecule has 0 fully saturated rings. The van der Waals surface area contributed by atoms with Crippen molar-refractivity contribution in [3.63, 3.8) is 0 Å². The normalized spacial score (nSPS) is 10.7. The Hall–Kier alpha value is -2.13. The largest absolute Gasteiger partial charge is 0.368 e. The number of aromatic nitrogens is 2. The second-order valence-electron chi connectivity index (χ2n) is 3.95. The van der Waals surface area contributed by atoms with Crippen LogP contribution in [0.15, 0.2) is 48.7 Å². The predicted molar refractivity (Wildman–Crippen MR) is 74.4 cm³/mol. The van der Waals surface area contributed by atoms with E-state index in [4.69, 9.17) is 17.3 Å². The number of halogens is 1. The fourth-order valence-corrected chi connectivity index (χ4v) is 2.15. The molecular weight excluding hydrogens is 246 g/mol. The molecule has 1 aromatic heterocycles. The summed E-state index contributed by atoms with van der Waals surface area (Å²) in [6.07, 6.45) is 1.66. The summed E-state index contributed by atoms with van der Waals surface area (Å²) in [5.74, 6) is 0.252. The molecule has 0 atom stereocenters. The van der Waals surface area contributed by atoms with Crippen LogP contribution >= 0.6 is 11.6 Å². The van der Waals surface area contributed by atoms with Crippen molar-refractivity contribution in [3.8, 4) is 11.1 Å². The number of hydrogen-bond donors (Lipinski definition) is 1. The average molecular weight is 256 g/mol. The lowest BCUT2D eigenvalue weighted by Crippen LogP contribution is -1.95. The van der Waals surface area contributed by atoms with E-state index in [2.05, 4.69) is 9.97 Å². The van der Waals surface area contributed by atoms with E-state index in [0.29, 0.717) is 5.02 Å². The molecule has 3 aromatic rings. The molecule has 0 aliphatic heterocycles. The number of nitrogens with zero attached hydrogens (tertiary/aromatic N) is 2. The van der Waals surface area contributed by atoms with Gasteiger partial charge in [-0.25, -0.2) is 9.97 Å². The number of rotatable bonds is 1. The van der Waals surface area contributed by atoms with Gasteiger partial charge in [-0.05, 0) is 11.6 Å². The van der Waals surface area contributed by atoms with Crippen molar-refractivity contribution in [1.29, 1.82) is 0 Å². The molecule has 0 aliphatic rings. The first kappa shape index (κ1) is 11.0. The zero-order valence-electron chi connectivity index (χ0n) is 9.47. The maximum atomic E-state index is 6.15. The summed E-state index contributed by atoms with van der Waals surface area (Å²) in [5, 5.41) is 1.44. The molecule has 18 heavy (non-hydrogen) atoms. The first-order chi connectivity index (χ1) is 8.75. The zero-order chi connectivity index (χ0) is 12.5. The van der Waals surface area contributed by atoms with Gasteiger partial charge in [0.05, 0.1) is 10.5 Å². The molecule has 2 aromatic carbocycles. The highest BCUT2D eigenvalue weighted by molar-refractivity contribution is 6.35. The van der Waals surface area contributed by atoms with E-state index in [-0.39, 0.29) is 5.95 Å². The Balaban J connectivity index is 2.37. The number of fused-ring (bicyclic) bond motifs is 1. The van der Waals surface area contributed by atoms with E-state index < -0.39 is 0 Å². The van der Waals surface area contributed by atoms with Gasteiger partial charge in [-0.3, -0.25) is 0 Å². The molecular formula is C14H10ClN3. The summed E-state index contributed by atoms with van der Waals surface area (Å²) < 4.78 is 0. The van der Waals surface area contributed by atoms with Gasteiger partial charge < -0.3 is 5.73 Å². The monoisotopic (exact) mass is 255 g/mol. The van der Waals surface area contributed by atoms with Gasteiger partial charge in [-0.1, -0.05) is 48.0 Å². The Labute approximate surface area is 109 Å². The van der Waals surface area contributed by atoms with Crippen LogP contribution in [0.1, 0.15) is 0 Å². The fraction of sp³-hybridized carbons (Fsp3) is 0. The minimum absolute atomic E-state index is 0.252. The van der Waals surface area contributed by atoms with Crippen molar-refractivity contribution in [2.24, 2.45) is 0 Å². The number of nitrogens with two attached hydrogens (primary N) is 1. The summed E-state index contributed by atoms with van der Waals surface area (Å²) >= 11 is 6.15. The highest BCUT2D eigenvalue weighted by Crippen LogP contribution is 2.31. The van der Waals surface area contributed by atoms with Crippen LogP contribution in [0.5, 0.6) is 0 Å². The van der Waals surface area contributed by atoms with E-state index >= 15 is 0 Å². The van der Waals surface area contributed by atoms with Crippen LogP contribution in [0.25, 0.3) is 22.0 Å². The zero-order valence-corrected chi connectivity index (χ0v) is 10.2. The van der Waals surface area contributed by atoms with Gasteiger partial charge in [0.2, 0.25) is 5.95 Å². The molecule has 0 unspecified atom stereocenters. The second-order valence-corrected chi connectivity index (χ2v) is 4.36. The Morgan fingerprint density at radius 3 is 2.56 bits per heavy atom.